The molecule has 0 aliphatic rings. The van der Waals surface area contributed by atoms with Gasteiger partial charge >= 0.3 is 0 Å². The van der Waals surface area contributed by atoms with Crippen molar-refractivity contribution in [3.05, 3.63) is 0 Å². The van der Waals surface area contributed by atoms with Gasteiger partial charge in [-0.15, -0.1) is 0 Å². The third-order valence-corrected chi connectivity index (χ3v) is 3.40. The molecule has 0 rings (SSSR count). The molecule has 0 aromatic rings. The molecule has 0 aliphatic carbocycles. The summed E-state index contributed by atoms with van der Waals surface area (Å²) in [6.45, 7) is 7.01. The Hall–Kier alpha value is -0.180. The Labute approximate surface area is 110 Å². The van der Waals surface area contributed by atoms with Gasteiger partial charge < -0.3 is 0 Å². The van der Waals surface area contributed by atoms with Crippen LogP contribution in [0.5, 0.6) is 0 Å². The monoisotopic (exact) mass is 302 g/mol. The normalized spacial score (nSPS) is 17.4. The smallest absolute Gasteiger partial charge is 0.264 e. The summed E-state index contributed by atoms with van der Waals surface area (Å²) in [4.78, 5) is 0. The second kappa shape index (κ2) is 5.85. The quantitative estimate of drug-likeness (QED) is 0.684. The van der Waals surface area contributed by atoms with Crippen LogP contribution in [0, 0.1) is 5.41 Å². The van der Waals surface area contributed by atoms with Crippen LogP contribution >= 0.6 is 0 Å². The maximum Gasteiger partial charge on any atom is 0.264 e. The number of rotatable bonds is 6. The molecule has 110 valence electrons. The highest BCUT2D eigenvalue weighted by Crippen LogP contribution is 2.28. The SMILES string of the molecule is CC(CC(OS(C)(=O)=O)C(C)(C)C)OS(C)(=O)=O. The van der Waals surface area contributed by atoms with Gasteiger partial charge in [0.1, 0.15) is 0 Å². The van der Waals surface area contributed by atoms with Crippen molar-refractivity contribution in [2.75, 3.05) is 12.5 Å². The summed E-state index contributed by atoms with van der Waals surface area (Å²) in [5.41, 5.74) is -0.446. The van der Waals surface area contributed by atoms with Crippen molar-refractivity contribution >= 4 is 20.2 Å². The minimum Gasteiger partial charge on any atom is -0.267 e. The Morgan fingerprint density at radius 3 is 1.61 bits per heavy atom. The van der Waals surface area contributed by atoms with Crippen LogP contribution in [0.15, 0.2) is 0 Å². The number of hydrogen-bond donors (Lipinski definition) is 0. The van der Waals surface area contributed by atoms with Gasteiger partial charge in [0.25, 0.3) is 20.2 Å². The molecule has 0 N–H and O–H groups in total. The first kappa shape index (κ1) is 17.8. The lowest BCUT2D eigenvalue weighted by molar-refractivity contribution is 0.0522. The predicted octanol–water partition coefficient (Wildman–Crippen LogP) is 1.13. The lowest BCUT2D eigenvalue weighted by Crippen LogP contribution is -2.35. The fraction of sp³-hybridized carbons (Fsp3) is 1.00. The Morgan fingerprint density at radius 2 is 1.33 bits per heavy atom. The van der Waals surface area contributed by atoms with Crippen molar-refractivity contribution in [2.24, 2.45) is 5.41 Å². The standard InChI is InChI=1S/C10H22O6S2/c1-8(15-17(5,11)12)7-9(10(2,3)4)16-18(6,13)14/h8-9H,7H2,1-6H3. The topological polar surface area (TPSA) is 86.7 Å². The molecule has 0 aromatic carbocycles. The first-order valence-electron chi connectivity index (χ1n) is 5.47. The molecular weight excluding hydrogens is 280 g/mol. The fourth-order valence-corrected chi connectivity index (χ4v) is 2.85. The van der Waals surface area contributed by atoms with Crippen molar-refractivity contribution in [2.45, 2.75) is 46.3 Å². The molecule has 0 saturated heterocycles. The molecule has 0 saturated carbocycles. The maximum atomic E-state index is 11.2. The minimum atomic E-state index is -3.60. The molecular formula is C10H22O6S2. The molecule has 0 aliphatic heterocycles. The van der Waals surface area contributed by atoms with Crippen LogP contribution in [-0.4, -0.2) is 41.6 Å². The summed E-state index contributed by atoms with van der Waals surface area (Å²) in [7, 11) is -7.16. The highest BCUT2D eigenvalue weighted by molar-refractivity contribution is 7.86. The van der Waals surface area contributed by atoms with Crippen LogP contribution < -0.4 is 0 Å². The lowest BCUT2D eigenvalue weighted by atomic mass is 9.86. The molecule has 2 atom stereocenters. The van der Waals surface area contributed by atoms with Crippen LogP contribution in [0.4, 0.5) is 0 Å². The Balaban J connectivity index is 4.82. The molecule has 0 spiro atoms. The Kier molecular flexibility index (Phi) is 5.79. The molecule has 2 unspecified atom stereocenters. The van der Waals surface area contributed by atoms with E-state index in [9.17, 15) is 16.8 Å². The molecule has 0 bridgehead atoms. The van der Waals surface area contributed by atoms with Gasteiger partial charge in [-0.25, -0.2) is 0 Å². The highest BCUT2D eigenvalue weighted by atomic mass is 32.2. The number of hydrogen-bond acceptors (Lipinski definition) is 6. The highest BCUT2D eigenvalue weighted by Gasteiger charge is 2.31. The molecule has 0 fully saturated rings. The van der Waals surface area contributed by atoms with Gasteiger partial charge in [-0.2, -0.15) is 16.8 Å². The average Bonchev–Trinajstić information content (AvgIpc) is 1.93. The maximum absolute atomic E-state index is 11.2. The van der Waals surface area contributed by atoms with E-state index in [0.29, 0.717) is 0 Å². The molecule has 8 heteroatoms. The summed E-state index contributed by atoms with van der Waals surface area (Å²) >= 11 is 0. The van der Waals surface area contributed by atoms with Crippen LogP contribution in [0.25, 0.3) is 0 Å². The van der Waals surface area contributed by atoms with E-state index in [0.717, 1.165) is 12.5 Å². The zero-order chi connectivity index (χ0) is 14.8. The Morgan fingerprint density at radius 1 is 0.944 bits per heavy atom. The zero-order valence-corrected chi connectivity index (χ0v) is 13.3. The van der Waals surface area contributed by atoms with Crippen molar-refractivity contribution in [3.8, 4) is 0 Å². The second-order valence-corrected chi connectivity index (χ2v) is 8.70. The second-order valence-electron chi connectivity index (χ2n) is 5.50. The van der Waals surface area contributed by atoms with E-state index >= 15 is 0 Å². The molecule has 0 amide bonds. The minimum absolute atomic E-state index is 0.170. The van der Waals surface area contributed by atoms with Gasteiger partial charge in [0.05, 0.1) is 24.7 Å². The summed E-state index contributed by atoms with van der Waals surface area (Å²) in [6, 6.07) is 0. The molecule has 0 heterocycles. The van der Waals surface area contributed by atoms with E-state index in [1.165, 1.54) is 0 Å². The summed E-state index contributed by atoms with van der Waals surface area (Å²) in [6.07, 6.45) is 0.792. The van der Waals surface area contributed by atoms with Crippen LogP contribution in [0.3, 0.4) is 0 Å². The zero-order valence-electron chi connectivity index (χ0n) is 11.6. The van der Waals surface area contributed by atoms with Gasteiger partial charge in [-0.05, 0) is 12.3 Å². The van der Waals surface area contributed by atoms with Crippen molar-refractivity contribution in [1.29, 1.82) is 0 Å². The van der Waals surface area contributed by atoms with Crippen molar-refractivity contribution in [3.63, 3.8) is 0 Å². The van der Waals surface area contributed by atoms with E-state index in [2.05, 4.69) is 0 Å². The first-order chi connectivity index (χ1) is 7.71. The third-order valence-electron chi connectivity index (χ3n) is 2.14. The molecule has 6 nitrogen and oxygen atoms in total. The van der Waals surface area contributed by atoms with E-state index in [4.69, 9.17) is 8.37 Å². The van der Waals surface area contributed by atoms with Crippen LogP contribution in [0.1, 0.15) is 34.1 Å². The molecule has 18 heavy (non-hydrogen) atoms. The summed E-state index contributed by atoms with van der Waals surface area (Å²) in [5, 5.41) is 0. The lowest BCUT2D eigenvalue weighted by Gasteiger charge is -2.31. The van der Waals surface area contributed by atoms with Crippen LogP contribution in [-0.2, 0) is 28.6 Å². The van der Waals surface area contributed by atoms with Gasteiger partial charge in [0, 0.05) is 6.42 Å². The molecule has 0 aromatic heterocycles. The summed E-state index contributed by atoms with van der Waals surface area (Å²) in [5.74, 6) is 0. The van der Waals surface area contributed by atoms with E-state index in [1.54, 1.807) is 6.92 Å². The third kappa shape index (κ3) is 8.84. The van der Waals surface area contributed by atoms with E-state index < -0.39 is 37.9 Å². The first-order valence-corrected chi connectivity index (χ1v) is 9.10. The fourth-order valence-electron chi connectivity index (χ4n) is 1.39. The van der Waals surface area contributed by atoms with Gasteiger partial charge in [-0.3, -0.25) is 8.37 Å². The predicted molar refractivity (Wildman–Crippen MR) is 69.2 cm³/mol. The molecule has 0 radical (unpaired) electrons. The van der Waals surface area contributed by atoms with E-state index in [1.807, 2.05) is 20.8 Å². The van der Waals surface area contributed by atoms with Gasteiger partial charge in [0.15, 0.2) is 0 Å². The Bertz CT molecular complexity index is 457. The van der Waals surface area contributed by atoms with Crippen molar-refractivity contribution < 1.29 is 25.2 Å². The van der Waals surface area contributed by atoms with Gasteiger partial charge in [0.2, 0.25) is 0 Å². The average molecular weight is 302 g/mol. The van der Waals surface area contributed by atoms with E-state index in [-0.39, 0.29) is 6.42 Å². The van der Waals surface area contributed by atoms with Crippen molar-refractivity contribution in [1.82, 2.24) is 0 Å². The van der Waals surface area contributed by atoms with Gasteiger partial charge in [-0.1, -0.05) is 20.8 Å². The largest absolute Gasteiger partial charge is 0.267 e. The van der Waals surface area contributed by atoms with Crippen LogP contribution in [0.2, 0.25) is 0 Å². The summed E-state index contributed by atoms with van der Waals surface area (Å²) < 4.78 is 54.1.